The number of nitrogens with zero attached hydrogens (tertiary/aromatic N) is 1. The molecule has 1 aromatic rings. The summed E-state index contributed by atoms with van der Waals surface area (Å²) in [6.45, 7) is 0. The molecule has 0 bridgehead atoms. The molecule has 2 N–H and O–H groups in total. The SMILES string of the molecule is NC(=O)c1c[c]cc[n+]1[O-]. The van der Waals surface area contributed by atoms with Gasteiger partial charge in [-0.3, -0.25) is 4.79 Å². The molecule has 0 spiro atoms. The molecule has 0 aromatic carbocycles. The van der Waals surface area contributed by atoms with Crippen molar-refractivity contribution in [2.24, 2.45) is 5.73 Å². The highest BCUT2D eigenvalue weighted by Crippen LogP contribution is 1.86. The number of amides is 1. The molecular weight excluding hydrogens is 132 g/mol. The Hall–Kier alpha value is -1.58. The number of nitrogens with two attached hydrogens (primary N) is 1. The van der Waals surface area contributed by atoms with E-state index in [1.165, 1.54) is 18.3 Å². The van der Waals surface area contributed by atoms with Crippen molar-refractivity contribution in [2.75, 3.05) is 0 Å². The first-order chi connectivity index (χ1) is 4.72. The molecule has 0 aliphatic rings. The van der Waals surface area contributed by atoms with Crippen LogP contribution in [0.3, 0.4) is 0 Å². The zero-order valence-electron chi connectivity index (χ0n) is 5.07. The van der Waals surface area contributed by atoms with E-state index in [4.69, 9.17) is 5.73 Å². The fraction of sp³-hybridized carbons (Fsp3) is 0. The topological polar surface area (TPSA) is 70.0 Å². The Morgan fingerprint density at radius 3 is 2.90 bits per heavy atom. The zero-order valence-corrected chi connectivity index (χ0v) is 5.07. The highest BCUT2D eigenvalue weighted by atomic mass is 16.5. The predicted molar refractivity (Wildman–Crippen MR) is 32.8 cm³/mol. The Balaban J connectivity index is 3.15. The van der Waals surface area contributed by atoms with Crippen LogP contribution in [-0.4, -0.2) is 5.91 Å². The highest BCUT2D eigenvalue weighted by Gasteiger charge is 2.08. The molecule has 0 saturated carbocycles. The smallest absolute Gasteiger partial charge is 0.314 e. The molecule has 4 nitrogen and oxygen atoms in total. The summed E-state index contributed by atoms with van der Waals surface area (Å²) in [4.78, 5) is 10.4. The van der Waals surface area contributed by atoms with Crippen molar-refractivity contribution in [1.29, 1.82) is 0 Å². The van der Waals surface area contributed by atoms with Crippen LogP contribution in [0, 0.1) is 11.3 Å². The van der Waals surface area contributed by atoms with Gasteiger partial charge < -0.3 is 10.9 Å². The molecule has 0 fully saturated rings. The van der Waals surface area contributed by atoms with Gasteiger partial charge in [0, 0.05) is 12.1 Å². The summed E-state index contributed by atoms with van der Waals surface area (Å²) in [6, 6.07) is 5.21. The minimum absolute atomic E-state index is 0.0949. The normalized spacial score (nSPS) is 9.20. The van der Waals surface area contributed by atoms with Gasteiger partial charge in [-0.25, -0.2) is 0 Å². The first-order valence-electron chi connectivity index (χ1n) is 2.61. The van der Waals surface area contributed by atoms with Gasteiger partial charge in [0.2, 0.25) is 0 Å². The van der Waals surface area contributed by atoms with Gasteiger partial charge in [0.1, 0.15) is 0 Å². The second kappa shape index (κ2) is 2.34. The first kappa shape index (κ1) is 6.54. The van der Waals surface area contributed by atoms with E-state index in [1.807, 2.05) is 0 Å². The van der Waals surface area contributed by atoms with Crippen molar-refractivity contribution >= 4 is 5.91 Å². The summed E-state index contributed by atoms with van der Waals surface area (Å²) >= 11 is 0. The van der Waals surface area contributed by atoms with Crippen LogP contribution in [-0.2, 0) is 0 Å². The fourth-order valence-corrected chi connectivity index (χ4v) is 0.561. The first-order valence-corrected chi connectivity index (χ1v) is 2.61. The lowest BCUT2D eigenvalue weighted by Crippen LogP contribution is -2.36. The number of rotatable bonds is 1. The van der Waals surface area contributed by atoms with E-state index in [9.17, 15) is 10.0 Å². The monoisotopic (exact) mass is 137 g/mol. The number of pyridine rings is 1. The molecule has 0 saturated heterocycles. The molecule has 51 valence electrons. The number of primary amides is 1. The van der Waals surface area contributed by atoms with Crippen LogP contribution in [0.15, 0.2) is 18.3 Å². The van der Waals surface area contributed by atoms with Crippen LogP contribution in [0.4, 0.5) is 0 Å². The van der Waals surface area contributed by atoms with Crippen LogP contribution in [0.25, 0.3) is 0 Å². The third kappa shape index (κ3) is 1.05. The number of aromatic nitrogens is 1. The van der Waals surface area contributed by atoms with E-state index in [2.05, 4.69) is 6.07 Å². The van der Waals surface area contributed by atoms with E-state index in [-0.39, 0.29) is 5.69 Å². The van der Waals surface area contributed by atoms with E-state index in [0.29, 0.717) is 4.73 Å². The second-order valence-electron chi connectivity index (χ2n) is 1.70. The van der Waals surface area contributed by atoms with Gasteiger partial charge >= 0.3 is 5.91 Å². The van der Waals surface area contributed by atoms with Crippen LogP contribution in [0.2, 0.25) is 0 Å². The maximum atomic E-state index is 10.7. The quantitative estimate of drug-likeness (QED) is 0.407. The van der Waals surface area contributed by atoms with E-state index in [1.54, 1.807) is 0 Å². The van der Waals surface area contributed by atoms with Crippen LogP contribution < -0.4 is 10.5 Å². The van der Waals surface area contributed by atoms with Crippen molar-refractivity contribution in [1.82, 2.24) is 0 Å². The summed E-state index contributed by atoms with van der Waals surface area (Å²) in [5.41, 5.74) is 4.74. The Kier molecular flexibility index (Phi) is 1.53. The molecule has 0 unspecified atom stereocenters. The lowest BCUT2D eigenvalue weighted by Gasteiger charge is -1.97. The Labute approximate surface area is 57.5 Å². The van der Waals surface area contributed by atoms with Crippen LogP contribution in [0.5, 0.6) is 0 Å². The third-order valence-corrected chi connectivity index (χ3v) is 1.02. The van der Waals surface area contributed by atoms with E-state index in [0.717, 1.165) is 0 Å². The molecule has 1 aromatic heterocycles. The number of carbonyl (C=O) groups is 1. The van der Waals surface area contributed by atoms with Gasteiger partial charge in [-0.2, -0.15) is 4.73 Å². The molecule has 1 amide bonds. The molecule has 10 heavy (non-hydrogen) atoms. The molecule has 0 aliphatic heterocycles. The zero-order chi connectivity index (χ0) is 7.56. The van der Waals surface area contributed by atoms with Crippen molar-refractivity contribution in [2.45, 2.75) is 0 Å². The Morgan fingerprint density at radius 1 is 1.80 bits per heavy atom. The summed E-state index contributed by atoms with van der Waals surface area (Å²) in [5, 5.41) is 10.7. The fourth-order valence-electron chi connectivity index (χ4n) is 0.561. The largest absolute Gasteiger partial charge is 0.618 e. The molecule has 1 rings (SSSR count). The number of hydrogen-bond acceptors (Lipinski definition) is 2. The Morgan fingerprint density at radius 2 is 2.50 bits per heavy atom. The van der Waals surface area contributed by atoms with E-state index >= 15 is 0 Å². The highest BCUT2D eigenvalue weighted by molar-refractivity contribution is 5.89. The van der Waals surface area contributed by atoms with Gasteiger partial charge in [0.05, 0.1) is 0 Å². The van der Waals surface area contributed by atoms with Gasteiger partial charge in [-0.1, -0.05) is 0 Å². The maximum Gasteiger partial charge on any atom is 0.314 e. The summed E-state index contributed by atoms with van der Waals surface area (Å²) in [6.07, 6.45) is 1.17. The van der Waals surface area contributed by atoms with Crippen LogP contribution in [0.1, 0.15) is 10.5 Å². The van der Waals surface area contributed by atoms with Gasteiger partial charge in [0.15, 0.2) is 6.20 Å². The van der Waals surface area contributed by atoms with Crippen molar-refractivity contribution < 1.29 is 9.52 Å². The number of hydrogen-bond donors (Lipinski definition) is 1. The molecule has 4 heteroatoms. The Bertz CT molecular complexity index is 260. The molecule has 0 atom stereocenters. The number of carbonyl (C=O) groups excluding carboxylic acids is 1. The summed E-state index contributed by atoms with van der Waals surface area (Å²) in [5.74, 6) is -0.744. The van der Waals surface area contributed by atoms with E-state index < -0.39 is 5.91 Å². The molecular formula is C6H5N2O2. The second-order valence-corrected chi connectivity index (χ2v) is 1.70. The minimum Gasteiger partial charge on any atom is -0.618 e. The molecule has 1 radical (unpaired) electrons. The average molecular weight is 137 g/mol. The lowest BCUT2D eigenvalue weighted by atomic mass is 10.3. The summed E-state index contributed by atoms with van der Waals surface area (Å²) in [7, 11) is 0. The van der Waals surface area contributed by atoms with Gasteiger partial charge in [-0.15, -0.1) is 0 Å². The lowest BCUT2D eigenvalue weighted by molar-refractivity contribution is -0.607. The molecule has 1 heterocycles. The minimum atomic E-state index is -0.744. The summed E-state index contributed by atoms with van der Waals surface area (Å²) < 4.78 is 0.402. The van der Waals surface area contributed by atoms with Gasteiger partial charge in [-0.05, 0) is 6.07 Å². The third-order valence-electron chi connectivity index (χ3n) is 1.02. The predicted octanol–water partition coefficient (Wildman–Crippen LogP) is -0.781. The van der Waals surface area contributed by atoms with Crippen molar-refractivity contribution in [3.8, 4) is 0 Å². The van der Waals surface area contributed by atoms with Crippen LogP contribution >= 0.6 is 0 Å². The van der Waals surface area contributed by atoms with Gasteiger partial charge in [0.25, 0.3) is 5.69 Å². The molecule has 0 aliphatic carbocycles. The van der Waals surface area contributed by atoms with Crippen molar-refractivity contribution in [3.63, 3.8) is 0 Å². The maximum absolute atomic E-state index is 10.7. The standard InChI is InChI=1S/C6H5N2O2/c7-6(9)5-3-1-2-4-8(5)10/h2-4H,(H2,7,9). The van der Waals surface area contributed by atoms with Crippen molar-refractivity contribution in [3.05, 3.63) is 35.3 Å². The average Bonchev–Trinajstić information content (AvgIpc) is 1.88.